The lowest BCUT2D eigenvalue weighted by molar-refractivity contribution is -0.120. The van der Waals surface area contributed by atoms with E-state index in [9.17, 15) is 4.79 Å². The molecule has 0 radical (unpaired) electrons. The Balaban J connectivity index is 1.61. The second-order valence-corrected chi connectivity index (χ2v) is 5.58. The molecule has 110 valence electrons. The summed E-state index contributed by atoms with van der Waals surface area (Å²) in [5, 5.41) is 3.00. The standard InChI is InChI=1S/C17H25NO2/c1-14-7-2-3-8-15(14)13-17(19)18-11-6-10-16-9-4-5-12-20-16/h2-3,7-8,16H,4-6,9-13H2,1H3,(H,18,19)/t16-/m1/s1. The Kier molecular flexibility index (Phi) is 6.06. The molecular formula is C17H25NO2. The number of amides is 1. The minimum absolute atomic E-state index is 0.115. The molecule has 1 heterocycles. The average molecular weight is 275 g/mol. The SMILES string of the molecule is Cc1ccccc1CC(=O)NCCC[C@H]1CCCCO1. The molecule has 0 aromatic heterocycles. The van der Waals surface area contributed by atoms with Crippen molar-refractivity contribution in [2.24, 2.45) is 0 Å². The molecule has 3 heteroatoms. The minimum Gasteiger partial charge on any atom is -0.378 e. The number of aryl methyl sites for hydroxylation is 1. The van der Waals surface area contributed by atoms with Gasteiger partial charge in [-0.2, -0.15) is 0 Å². The molecule has 1 aliphatic rings. The molecule has 20 heavy (non-hydrogen) atoms. The van der Waals surface area contributed by atoms with E-state index >= 15 is 0 Å². The van der Waals surface area contributed by atoms with Crippen molar-refractivity contribution in [1.82, 2.24) is 5.32 Å². The number of hydrogen-bond acceptors (Lipinski definition) is 2. The lowest BCUT2D eigenvalue weighted by Gasteiger charge is -2.22. The second-order valence-electron chi connectivity index (χ2n) is 5.58. The van der Waals surface area contributed by atoms with Gasteiger partial charge in [-0.05, 0) is 50.2 Å². The van der Waals surface area contributed by atoms with Crippen LogP contribution in [0.3, 0.4) is 0 Å². The molecule has 1 aliphatic heterocycles. The van der Waals surface area contributed by atoms with Crippen LogP contribution in [0.1, 0.15) is 43.2 Å². The predicted molar refractivity (Wildman–Crippen MR) is 80.7 cm³/mol. The molecule has 1 aromatic carbocycles. The molecule has 2 rings (SSSR count). The summed E-state index contributed by atoms with van der Waals surface area (Å²) >= 11 is 0. The van der Waals surface area contributed by atoms with Crippen molar-refractivity contribution < 1.29 is 9.53 Å². The number of rotatable bonds is 6. The number of carbonyl (C=O) groups is 1. The Hall–Kier alpha value is -1.35. The van der Waals surface area contributed by atoms with Gasteiger partial charge in [0.15, 0.2) is 0 Å². The van der Waals surface area contributed by atoms with Gasteiger partial charge in [-0.1, -0.05) is 24.3 Å². The Bertz CT molecular complexity index is 425. The summed E-state index contributed by atoms with van der Waals surface area (Å²) in [6.07, 6.45) is 6.61. The van der Waals surface area contributed by atoms with Crippen molar-refractivity contribution in [3.8, 4) is 0 Å². The predicted octanol–water partition coefficient (Wildman–Crippen LogP) is 3.00. The van der Waals surface area contributed by atoms with E-state index in [0.29, 0.717) is 12.5 Å². The van der Waals surface area contributed by atoms with Gasteiger partial charge >= 0.3 is 0 Å². The normalized spacial score (nSPS) is 18.8. The van der Waals surface area contributed by atoms with E-state index < -0.39 is 0 Å². The summed E-state index contributed by atoms with van der Waals surface area (Å²) in [7, 11) is 0. The van der Waals surface area contributed by atoms with Crippen LogP contribution in [0.15, 0.2) is 24.3 Å². The number of nitrogens with one attached hydrogen (secondary N) is 1. The number of carbonyl (C=O) groups excluding carboxylic acids is 1. The maximum Gasteiger partial charge on any atom is 0.224 e. The highest BCUT2D eigenvalue weighted by Crippen LogP contribution is 2.16. The fourth-order valence-electron chi connectivity index (χ4n) is 2.64. The number of hydrogen-bond donors (Lipinski definition) is 1. The Morgan fingerprint density at radius 3 is 2.95 bits per heavy atom. The van der Waals surface area contributed by atoms with Crippen LogP contribution in [0, 0.1) is 6.92 Å². The molecule has 0 bridgehead atoms. The lowest BCUT2D eigenvalue weighted by atomic mass is 10.0. The smallest absolute Gasteiger partial charge is 0.224 e. The fraction of sp³-hybridized carbons (Fsp3) is 0.588. The zero-order chi connectivity index (χ0) is 14.2. The first-order chi connectivity index (χ1) is 9.75. The fourth-order valence-corrected chi connectivity index (χ4v) is 2.64. The molecule has 0 saturated carbocycles. The molecule has 0 spiro atoms. The van der Waals surface area contributed by atoms with Gasteiger partial charge in [-0.15, -0.1) is 0 Å². The summed E-state index contributed by atoms with van der Waals surface area (Å²) in [5.74, 6) is 0.115. The molecule has 1 saturated heterocycles. The highest BCUT2D eigenvalue weighted by atomic mass is 16.5. The summed E-state index contributed by atoms with van der Waals surface area (Å²) in [6, 6.07) is 8.05. The van der Waals surface area contributed by atoms with Crippen molar-refractivity contribution in [1.29, 1.82) is 0 Å². The third kappa shape index (κ3) is 4.97. The molecule has 1 amide bonds. The van der Waals surface area contributed by atoms with Crippen LogP contribution in [0.25, 0.3) is 0 Å². The van der Waals surface area contributed by atoms with Crippen LogP contribution >= 0.6 is 0 Å². The van der Waals surface area contributed by atoms with E-state index in [4.69, 9.17) is 4.74 Å². The molecule has 1 aromatic rings. The van der Waals surface area contributed by atoms with Crippen LogP contribution in [0.4, 0.5) is 0 Å². The van der Waals surface area contributed by atoms with E-state index in [-0.39, 0.29) is 5.91 Å². The van der Waals surface area contributed by atoms with E-state index in [0.717, 1.165) is 31.6 Å². The van der Waals surface area contributed by atoms with E-state index in [1.54, 1.807) is 0 Å². The monoisotopic (exact) mass is 275 g/mol. The van der Waals surface area contributed by atoms with Crippen LogP contribution in [0.5, 0.6) is 0 Å². The van der Waals surface area contributed by atoms with Gasteiger partial charge in [0.1, 0.15) is 0 Å². The highest BCUT2D eigenvalue weighted by Gasteiger charge is 2.13. The third-order valence-corrected chi connectivity index (χ3v) is 3.91. The van der Waals surface area contributed by atoms with Gasteiger partial charge in [0.25, 0.3) is 0 Å². The van der Waals surface area contributed by atoms with Crippen molar-refractivity contribution in [2.45, 2.75) is 51.6 Å². The molecule has 3 nitrogen and oxygen atoms in total. The maximum atomic E-state index is 11.9. The first kappa shape index (κ1) is 15.0. The van der Waals surface area contributed by atoms with E-state index in [2.05, 4.69) is 5.32 Å². The molecule has 0 unspecified atom stereocenters. The molecule has 1 atom stereocenters. The van der Waals surface area contributed by atoms with E-state index in [1.807, 2.05) is 31.2 Å². The average Bonchev–Trinajstić information content (AvgIpc) is 2.47. The summed E-state index contributed by atoms with van der Waals surface area (Å²) in [5.41, 5.74) is 2.29. The van der Waals surface area contributed by atoms with Crippen LogP contribution < -0.4 is 5.32 Å². The van der Waals surface area contributed by atoms with Crippen LogP contribution in [-0.2, 0) is 16.0 Å². The Morgan fingerprint density at radius 1 is 1.35 bits per heavy atom. The summed E-state index contributed by atoms with van der Waals surface area (Å²) in [6.45, 7) is 3.71. The van der Waals surface area contributed by atoms with Crippen molar-refractivity contribution in [3.05, 3.63) is 35.4 Å². The quantitative estimate of drug-likeness (QED) is 0.811. The van der Waals surface area contributed by atoms with Crippen LogP contribution in [-0.4, -0.2) is 25.2 Å². The summed E-state index contributed by atoms with van der Waals surface area (Å²) in [4.78, 5) is 11.9. The molecule has 1 fully saturated rings. The maximum absolute atomic E-state index is 11.9. The molecule has 0 aliphatic carbocycles. The molecular weight excluding hydrogens is 250 g/mol. The van der Waals surface area contributed by atoms with Gasteiger partial charge in [0.2, 0.25) is 5.91 Å². The second kappa shape index (κ2) is 8.05. The van der Waals surface area contributed by atoms with Crippen molar-refractivity contribution >= 4 is 5.91 Å². The van der Waals surface area contributed by atoms with Crippen LogP contribution in [0.2, 0.25) is 0 Å². The third-order valence-electron chi connectivity index (χ3n) is 3.91. The Morgan fingerprint density at radius 2 is 2.20 bits per heavy atom. The van der Waals surface area contributed by atoms with Gasteiger partial charge in [-0.25, -0.2) is 0 Å². The first-order valence-electron chi connectivity index (χ1n) is 7.68. The van der Waals surface area contributed by atoms with E-state index in [1.165, 1.54) is 24.8 Å². The first-order valence-corrected chi connectivity index (χ1v) is 7.68. The highest BCUT2D eigenvalue weighted by molar-refractivity contribution is 5.78. The lowest BCUT2D eigenvalue weighted by Crippen LogP contribution is -2.27. The van der Waals surface area contributed by atoms with Crippen molar-refractivity contribution in [2.75, 3.05) is 13.2 Å². The zero-order valence-electron chi connectivity index (χ0n) is 12.4. The molecule has 1 N–H and O–H groups in total. The van der Waals surface area contributed by atoms with Crippen molar-refractivity contribution in [3.63, 3.8) is 0 Å². The number of benzene rings is 1. The topological polar surface area (TPSA) is 38.3 Å². The minimum atomic E-state index is 0.115. The van der Waals surface area contributed by atoms with Gasteiger partial charge in [0, 0.05) is 13.2 Å². The summed E-state index contributed by atoms with van der Waals surface area (Å²) < 4.78 is 5.68. The largest absolute Gasteiger partial charge is 0.378 e. The van der Waals surface area contributed by atoms with Gasteiger partial charge in [-0.3, -0.25) is 4.79 Å². The number of ether oxygens (including phenoxy) is 1. The van der Waals surface area contributed by atoms with Gasteiger partial charge < -0.3 is 10.1 Å². The Labute approximate surface area is 121 Å². The zero-order valence-corrected chi connectivity index (χ0v) is 12.4. The van der Waals surface area contributed by atoms with Gasteiger partial charge in [0.05, 0.1) is 12.5 Å².